The van der Waals surface area contributed by atoms with Crippen molar-refractivity contribution >= 4 is 38.9 Å². The summed E-state index contributed by atoms with van der Waals surface area (Å²) in [6.45, 7) is 2.58. The fourth-order valence-corrected chi connectivity index (χ4v) is 1.88. The molecular weight excluding hydrogens is 286 g/mol. The van der Waals surface area contributed by atoms with Gasteiger partial charge in [0.15, 0.2) is 5.65 Å². The van der Waals surface area contributed by atoms with Gasteiger partial charge >= 0.3 is 0 Å². The van der Waals surface area contributed by atoms with Crippen LogP contribution < -0.4 is 11.1 Å². The first-order chi connectivity index (χ1) is 8.11. The lowest BCUT2D eigenvalue weighted by Gasteiger charge is -2.05. The summed E-state index contributed by atoms with van der Waals surface area (Å²) in [7, 11) is 0. The van der Waals surface area contributed by atoms with Crippen LogP contribution in [-0.2, 0) is 11.3 Å². The molecule has 6 nitrogen and oxygen atoms in total. The summed E-state index contributed by atoms with van der Waals surface area (Å²) in [6, 6.07) is 1.81. The van der Waals surface area contributed by atoms with Crippen LogP contribution in [0.2, 0.25) is 0 Å². The zero-order valence-electron chi connectivity index (χ0n) is 9.27. The van der Waals surface area contributed by atoms with Crippen molar-refractivity contribution in [1.29, 1.82) is 0 Å². The van der Waals surface area contributed by atoms with Crippen molar-refractivity contribution in [3.63, 3.8) is 0 Å². The minimum Gasteiger partial charge on any atom is -0.369 e. The molecule has 2 heterocycles. The van der Waals surface area contributed by atoms with Crippen molar-refractivity contribution < 1.29 is 4.79 Å². The standard InChI is InChI=1S/C10H12BrN5O/c1-2-13-8(17)5-16-9-7(15-10(16)12)3-6(11)4-14-9/h3-4H,2,5H2,1H3,(H2,12,15)(H,13,17). The van der Waals surface area contributed by atoms with Crippen molar-refractivity contribution in [3.8, 4) is 0 Å². The van der Waals surface area contributed by atoms with Gasteiger partial charge in [0.1, 0.15) is 12.1 Å². The number of hydrogen-bond acceptors (Lipinski definition) is 4. The van der Waals surface area contributed by atoms with E-state index in [-0.39, 0.29) is 18.4 Å². The monoisotopic (exact) mass is 297 g/mol. The van der Waals surface area contributed by atoms with Gasteiger partial charge in [-0.1, -0.05) is 0 Å². The molecule has 0 radical (unpaired) electrons. The predicted molar refractivity (Wildman–Crippen MR) is 68.3 cm³/mol. The van der Waals surface area contributed by atoms with Crippen molar-refractivity contribution in [2.24, 2.45) is 0 Å². The van der Waals surface area contributed by atoms with Crippen LogP contribution in [0.1, 0.15) is 6.92 Å². The number of hydrogen-bond donors (Lipinski definition) is 2. The molecular formula is C10H12BrN5O. The Morgan fingerprint density at radius 2 is 2.41 bits per heavy atom. The largest absolute Gasteiger partial charge is 0.369 e. The molecule has 0 saturated heterocycles. The second kappa shape index (κ2) is 4.70. The molecule has 0 aliphatic heterocycles. The molecule has 0 aliphatic rings. The molecule has 90 valence electrons. The van der Waals surface area contributed by atoms with E-state index in [0.717, 1.165) is 4.47 Å². The first-order valence-corrected chi connectivity index (χ1v) is 5.95. The maximum atomic E-state index is 11.5. The molecule has 0 atom stereocenters. The highest BCUT2D eigenvalue weighted by atomic mass is 79.9. The van der Waals surface area contributed by atoms with E-state index >= 15 is 0 Å². The van der Waals surface area contributed by atoms with Gasteiger partial charge in [0, 0.05) is 17.2 Å². The molecule has 0 bridgehead atoms. The smallest absolute Gasteiger partial charge is 0.240 e. The minimum absolute atomic E-state index is 0.108. The van der Waals surface area contributed by atoms with Crippen LogP contribution >= 0.6 is 15.9 Å². The number of nitrogen functional groups attached to an aromatic ring is 1. The lowest BCUT2D eigenvalue weighted by Crippen LogP contribution is -2.27. The van der Waals surface area contributed by atoms with Crippen LogP contribution in [0, 0.1) is 0 Å². The molecule has 0 spiro atoms. The Balaban J connectivity index is 2.39. The zero-order chi connectivity index (χ0) is 12.4. The van der Waals surface area contributed by atoms with E-state index in [4.69, 9.17) is 5.73 Å². The lowest BCUT2D eigenvalue weighted by atomic mass is 10.4. The highest BCUT2D eigenvalue weighted by molar-refractivity contribution is 9.10. The van der Waals surface area contributed by atoms with Gasteiger partial charge < -0.3 is 11.1 Å². The number of carbonyl (C=O) groups excluding carboxylic acids is 1. The number of nitrogens with one attached hydrogen (secondary N) is 1. The van der Waals surface area contributed by atoms with E-state index in [9.17, 15) is 4.79 Å². The third kappa shape index (κ3) is 2.38. The highest BCUT2D eigenvalue weighted by Crippen LogP contribution is 2.19. The maximum absolute atomic E-state index is 11.5. The van der Waals surface area contributed by atoms with Crippen LogP contribution in [0.3, 0.4) is 0 Å². The molecule has 2 rings (SSSR count). The first kappa shape index (κ1) is 11.8. The summed E-state index contributed by atoms with van der Waals surface area (Å²) in [4.78, 5) is 19.9. The number of fused-ring (bicyclic) bond motifs is 1. The van der Waals surface area contributed by atoms with E-state index in [1.54, 1.807) is 10.8 Å². The molecule has 2 aromatic rings. The molecule has 3 N–H and O–H groups in total. The average Bonchev–Trinajstić information content (AvgIpc) is 2.55. The van der Waals surface area contributed by atoms with Gasteiger partial charge in [0.25, 0.3) is 0 Å². The number of aromatic nitrogens is 3. The lowest BCUT2D eigenvalue weighted by molar-refractivity contribution is -0.121. The normalized spacial score (nSPS) is 10.7. The van der Waals surface area contributed by atoms with Gasteiger partial charge in [0.05, 0.1) is 0 Å². The Hall–Kier alpha value is -1.63. The van der Waals surface area contributed by atoms with Crippen LogP contribution in [0.5, 0.6) is 0 Å². The average molecular weight is 298 g/mol. The van der Waals surface area contributed by atoms with Gasteiger partial charge in [-0.15, -0.1) is 0 Å². The number of nitrogens with zero attached hydrogens (tertiary/aromatic N) is 3. The van der Waals surface area contributed by atoms with Crippen molar-refractivity contribution in [2.75, 3.05) is 12.3 Å². The van der Waals surface area contributed by atoms with Crippen LogP contribution in [-0.4, -0.2) is 27.0 Å². The Kier molecular flexibility index (Phi) is 3.28. The maximum Gasteiger partial charge on any atom is 0.240 e. The first-order valence-electron chi connectivity index (χ1n) is 5.15. The van der Waals surface area contributed by atoms with Gasteiger partial charge in [-0.3, -0.25) is 9.36 Å². The molecule has 7 heteroatoms. The topological polar surface area (TPSA) is 85.8 Å². The van der Waals surface area contributed by atoms with Gasteiger partial charge in [-0.25, -0.2) is 9.97 Å². The van der Waals surface area contributed by atoms with Gasteiger partial charge in [0.2, 0.25) is 11.9 Å². The molecule has 17 heavy (non-hydrogen) atoms. The second-order valence-corrected chi connectivity index (χ2v) is 4.42. The summed E-state index contributed by atoms with van der Waals surface area (Å²) in [6.07, 6.45) is 1.65. The third-order valence-electron chi connectivity index (χ3n) is 2.26. The SMILES string of the molecule is CCNC(=O)Cn1c(N)nc2cc(Br)cnc21. The van der Waals surface area contributed by atoms with Crippen LogP contribution in [0.15, 0.2) is 16.7 Å². The number of amides is 1. The van der Waals surface area contributed by atoms with Crippen molar-refractivity contribution in [1.82, 2.24) is 19.9 Å². The number of nitrogens with two attached hydrogens (primary N) is 1. The highest BCUT2D eigenvalue weighted by Gasteiger charge is 2.12. The molecule has 0 fully saturated rings. The molecule has 2 aromatic heterocycles. The number of halogens is 1. The van der Waals surface area contributed by atoms with Gasteiger partial charge in [-0.05, 0) is 28.9 Å². The fraction of sp³-hybridized carbons (Fsp3) is 0.300. The van der Waals surface area contributed by atoms with Gasteiger partial charge in [-0.2, -0.15) is 0 Å². The summed E-state index contributed by atoms with van der Waals surface area (Å²) in [5.74, 6) is 0.181. The van der Waals surface area contributed by atoms with E-state index in [0.29, 0.717) is 17.7 Å². The van der Waals surface area contributed by atoms with E-state index in [2.05, 4.69) is 31.2 Å². The van der Waals surface area contributed by atoms with Crippen molar-refractivity contribution in [2.45, 2.75) is 13.5 Å². The van der Waals surface area contributed by atoms with Crippen LogP contribution in [0.25, 0.3) is 11.2 Å². The molecule has 0 aliphatic carbocycles. The van der Waals surface area contributed by atoms with Crippen molar-refractivity contribution in [3.05, 3.63) is 16.7 Å². The summed E-state index contributed by atoms with van der Waals surface area (Å²) < 4.78 is 2.42. The number of pyridine rings is 1. The summed E-state index contributed by atoms with van der Waals surface area (Å²) in [5.41, 5.74) is 7.04. The molecule has 0 unspecified atom stereocenters. The number of imidazole rings is 1. The number of likely N-dealkylation sites (N-methyl/N-ethyl adjacent to an activating group) is 1. The Labute approximate surface area is 106 Å². The Bertz CT molecular complexity index is 565. The second-order valence-electron chi connectivity index (χ2n) is 3.51. The number of carbonyl (C=O) groups is 1. The summed E-state index contributed by atoms with van der Waals surface area (Å²) in [5, 5.41) is 2.71. The fourth-order valence-electron chi connectivity index (χ4n) is 1.56. The predicted octanol–water partition coefficient (Wildman–Crippen LogP) is 0.912. The van der Waals surface area contributed by atoms with E-state index < -0.39 is 0 Å². The number of rotatable bonds is 3. The molecule has 1 amide bonds. The minimum atomic E-state index is -0.108. The Morgan fingerprint density at radius 1 is 1.65 bits per heavy atom. The number of anilines is 1. The van der Waals surface area contributed by atoms with E-state index in [1.165, 1.54) is 0 Å². The molecule has 0 aromatic carbocycles. The Morgan fingerprint density at radius 3 is 3.12 bits per heavy atom. The molecule has 0 saturated carbocycles. The van der Waals surface area contributed by atoms with Crippen LogP contribution in [0.4, 0.5) is 5.95 Å². The zero-order valence-corrected chi connectivity index (χ0v) is 10.9. The third-order valence-corrected chi connectivity index (χ3v) is 2.69. The van der Waals surface area contributed by atoms with E-state index in [1.807, 2.05) is 13.0 Å². The quantitative estimate of drug-likeness (QED) is 0.882. The summed E-state index contributed by atoms with van der Waals surface area (Å²) >= 11 is 3.31.